The second-order valence-corrected chi connectivity index (χ2v) is 5.16. The van der Waals surface area contributed by atoms with Crippen LogP contribution in [0.5, 0.6) is 0 Å². The molecule has 0 saturated carbocycles. The first kappa shape index (κ1) is 12.2. The van der Waals surface area contributed by atoms with Crippen molar-refractivity contribution >= 4 is 17.3 Å². The smallest absolute Gasteiger partial charge is 0.307 e. The minimum atomic E-state index is -1.03. The average Bonchev–Trinajstić information content (AvgIpc) is 2.79. The highest BCUT2D eigenvalue weighted by Crippen LogP contribution is 2.41. The van der Waals surface area contributed by atoms with Crippen molar-refractivity contribution in [2.45, 2.75) is 38.2 Å². The van der Waals surface area contributed by atoms with E-state index in [9.17, 15) is 9.59 Å². The quantitative estimate of drug-likeness (QED) is 0.763. The van der Waals surface area contributed by atoms with E-state index < -0.39 is 5.60 Å². The van der Waals surface area contributed by atoms with E-state index in [1.54, 1.807) is 0 Å². The number of rotatable bonds is 2. The van der Waals surface area contributed by atoms with Crippen molar-refractivity contribution in [3.63, 3.8) is 0 Å². The Bertz CT molecular complexity index is 585. The Kier molecular flexibility index (Phi) is 2.77. The Balaban J connectivity index is 2.14. The van der Waals surface area contributed by atoms with Crippen molar-refractivity contribution in [2.75, 3.05) is 0 Å². The summed E-state index contributed by atoms with van der Waals surface area (Å²) in [5, 5.41) is 0. The molecule has 1 fully saturated rings. The highest BCUT2D eigenvalue weighted by molar-refractivity contribution is 6.12. The summed E-state index contributed by atoms with van der Waals surface area (Å²) in [5.41, 5.74) is 1.76. The molecule has 0 bridgehead atoms. The predicted octanol–water partition coefficient (Wildman–Crippen LogP) is 3.14. The monoisotopic (exact) mass is 256 g/mol. The Labute approximate surface area is 112 Å². The maximum Gasteiger partial charge on any atom is 0.307 e. The Morgan fingerprint density at radius 2 is 1.95 bits per heavy atom. The van der Waals surface area contributed by atoms with E-state index in [0.717, 1.165) is 24.0 Å². The number of carbonyl (C=O) groups excluding carboxylic acids is 2. The normalized spacial score (nSPS) is 25.2. The van der Waals surface area contributed by atoms with Crippen LogP contribution in [0.1, 0.15) is 48.5 Å². The minimum absolute atomic E-state index is 0.0752. The molecule has 1 aliphatic heterocycles. The number of ketones is 1. The van der Waals surface area contributed by atoms with E-state index in [2.05, 4.69) is 6.92 Å². The van der Waals surface area contributed by atoms with Crippen LogP contribution in [-0.2, 0) is 9.53 Å². The third-order valence-electron chi connectivity index (χ3n) is 3.83. The van der Waals surface area contributed by atoms with Gasteiger partial charge in [0.25, 0.3) is 0 Å². The van der Waals surface area contributed by atoms with Crippen molar-refractivity contribution in [1.29, 1.82) is 0 Å². The minimum Gasteiger partial charge on any atom is -0.446 e. The first-order valence-electron chi connectivity index (χ1n) is 6.74. The van der Waals surface area contributed by atoms with Crippen LogP contribution in [0.3, 0.4) is 0 Å². The van der Waals surface area contributed by atoms with Crippen molar-refractivity contribution in [3.8, 4) is 0 Å². The van der Waals surface area contributed by atoms with E-state index in [4.69, 9.17) is 4.74 Å². The second kappa shape index (κ2) is 4.34. The van der Waals surface area contributed by atoms with Gasteiger partial charge in [0.1, 0.15) is 0 Å². The summed E-state index contributed by atoms with van der Waals surface area (Å²) in [6.07, 6.45) is 4.56. The van der Waals surface area contributed by atoms with Crippen molar-refractivity contribution < 1.29 is 14.3 Å². The van der Waals surface area contributed by atoms with Crippen LogP contribution < -0.4 is 0 Å². The first-order chi connectivity index (χ1) is 9.16. The van der Waals surface area contributed by atoms with Gasteiger partial charge in [-0.2, -0.15) is 0 Å². The molecule has 1 aliphatic carbocycles. The van der Waals surface area contributed by atoms with Gasteiger partial charge in [0.05, 0.1) is 6.42 Å². The number of esters is 1. The average molecular weight is 256 g/mol. The fourth-order valence-electron chi connectivity index (χ4n) is 2.94. The Hall–Kier alpha value is -1.90. The molecule has 3 nitrogen and oxygen atoms in total. The summed E-state index contributed by atoms with van der Waals surface area (Å²) in [6.45, 7) is 2.10. The first-order valence-corrected chi connectivity index (χ1v) is 6.74. The van der Waals surface area contributed by atoms with Gasteiger partial charge in [0.2, 0.25) is 5.78 Å². The van der Waals surface area contributed by atoms with E-state index in [0.29, 0.717) is 18.4 Å². The highest BCUT2D eigenvalue weighted by atomic mass is 16.6. The summed E-state index contributed by atoms with van der Waals surface area (Å²) in [6, 6.07) is 7.59. The number of ether oxygens (including phenoxy) is 1. The maximum absolute atomic E-state index is 12.6. The van der Waals surface area contributed by atoms with Gasteiger partial charge in [-0.05, 0) is 23.6 Å². The molecular formula is C16H16O3. The van der Waals surface area contributed by atoms with Crippen LogP contribution in [-0.4, -0.2) is 17.4 Å². The van der Waals surface area contributed by atoms with Crippen molar-refractivity contribution in [2.24, 2.45) is 0 Å². The highest BCUT2D eigenvalue weighted by Gasteiger charge is 2.48. The van der Waals surface area contributed by atoms with Crippen LogP contribution in [0.4, 0.5) is 0 Å². The number of Topliss-reactive ketones (excluding diaryl/α,β-unsaturated/α-hetero) is 1. The summed E-state index contributed by atoms with van der Waals surface area (Å²) in [4.78, 5) is 24.0. The zero-order valence-corrected chi connectivity index (χ0v) is 10.9. The number of carbonyl (C=O) groups is 2. The number of hydrogen-bond donors (Lipinski definition) is 0. The molecule has 0 N–H and O–H groups in total. The van der Waals surface area contributed by atoms with Gasteiger partial charge in [-0.3, -0.25) is 9.59 Å². The summed E-state index contributed by atoms with van der Waals surface area (Å²) in [5.74, 6) is -0.353. The van der Waals surface area contributed by atoms with Crippen LogP contribution >= 0.6 is 0 Å². The number of fused-ring (bicyclic) bond motifs is 1. The van der Waals surface area contributed by atoms with Crippen LogP contribution in [0.2, 0.25) is 0 Å². The molecule has 0 amide bonds. The summed E-state index contributed by atoms with van der Waals surface area (Å²) < 4.78 is 5.37. The van der Waals surface area contributed by atoms with Gasteiger partial charge in [-0.15, -0.1) is 0 Å². The van der Waals surface area contributed by atoms with Crippen LogP contribution in [0.15, 0.2) is 30.3 Å². The molecule has 0 unspecified atom stereocenters. The summed E-state index contributed by atoms with van der Waals surface area (Å²) >= 11 is 0. The fourth-order valence-corrected chi connectivity index (χ4v) is 2.94. The summed E-state index contributed by atoms with van der Waals surface area (Å²) in [7, 11) is 0. The molecule has 1 heterocycles. The fraction of sp³-hybridized carbons (Fsp3) is 0.375. The largest absolute Gasteiger partial charge is 0.446 e. The van der Waals surface area contributed by atoms with Gasteiger partial charge >= 0.3 is 5.97 Å². The standard InChI is InChI=1S/C16H16O3/c1-2-5-11-10-16(9-8-14(17)19-16)15(18)13-7-4-3-6-12(11)13/h3-4,6-7,10H,2,5,8-9H2,1H3/t16-/m1/s1. The molecule has 1 saturated heterocycles. The third-order valence-corrected chi connectivity index (χ3v) is 3.83. The molecule has 19 heavy (non-hydrogen) atoms. The van der Waals surface area contributed by atoms with Gasteiger partial charge < -0.3 is 4.74 Å². The molecule has 3 heteroatoms. The second-order valence-electron chi connectivity index (χ2n) is 5.16. The molecule has 1 atom stereocenters. The molecule has 1 aromatic carbocycles. The SMILES string of the molecule is CCCC1=C[C@]2(CCC(=O)O2)C(=O)c2ccccc21. The molecule has 98 valence electrons. The van der Waals surface area contributed by atoms with Gasteiger partial charge in [0.15, 0.2) is 5.60 Å². The third kappa shape index (κ3) is 1.81. The van der Waals surface area contributed by atoms with Gasteiger partial charge in [-0.1, -0.05) is 37.6 Å². The van der Waals surface area contributed by atoms with E-state index in [1.807, 2.05) is 30.3 Å². The number of benzene rings is 1. The maximum atomic E-state index is 12.6. The molecular weight excluding hydrogens is 240 g/mol. The Morgan fingerprint density at radius 1 is 1.21 bits per heavy atom. The predicted molar refractivity (Wildman–Crippen MR) is 71.7 cm³/mol. The van der Waals surface area contributed by atoms with Crippen molar-refractivity contribution in [1.82, 2.24) is 0 Å². The zero-order chi connectivity index (χ0) is 13.5. The molecule has 3 rings (SSSR count). The van der Waals surface area contributed by atoms with Gasteiger partial charge in [-0.25, -0.2) is 0 Å². The lowest BCUT2D eigenvalue weighted by atomic mass is 9.78. The molecule has 2 aliphatic rings. The molecule has 0 aromatic heterocycles. The zero-order valence-electron chi connectivity index (χ0n) is 10.9. The van der Waals surface area contributed by atoms with E-state index in [1.165, 1.54) is 0 Å². The Morgan fingerprint density at radius 3 is 2.58 bits per heavy atom. The lowest BCUT2D eigenvalue weighted by Crippen LogP contribution is -2.39. The van der Waals surface area contributed by atoms with E-state index >= 15 is 0 Å². The lowest BCUT2D eigenvalue weighted by molar-refractivity contribution is -0.143. The lowest BCUT2D eigenvalue weighted by Gasteiger charge is -2.30. The topological polar surface area (TPSA) is 43.4 Å². The molecule has 1 spiro atoms. The molecule has 1 aromatic rings. The molecule has 0 radical (unpaired) electrons. The van der Waals surface area contributed by atoms with Gasteiger partial charge in [0, 0.05) is 12.0 Å². The number of allylic oxidation sites excluding steroid dienone is 1. The van der Waals surface area contributed by atoms with E-state index in [-0.39, 0.29) is 11.8 Å². The number of hydrogen-bond acceptors (Lipinski definition) is 3. The van der Waals surface area contributed by atoms with Crippen molar-refractivity contribution in [3.05, 3.63) is 41.5 Å². The van der Waals surface area contributed by atoms with Crippen LogP contribution in [0.25, 0.3) is 5.57 Å². The van der Waals surface area contributed by atoms with Crippen LogP contribution in [0, 0.1) is 0 Å².